The highest BCUT2D eigenvalue weighted by molar-refractivity contribution is 5.60. The van der Waals surface area contributed by atoms with E-state index >= 15 is 0 Å². The Bertz CT molecular complexity index is 728. The van der Waals surface area contributed by atoms with Crippen molar-refractivity contribution < 1.29 is 0 Å². The highest BCUT2D eigenvalue weighted by atomic mass is 14.3. The molecule has 0 N–H and O–H groups in total. The average Bonchev–Trinajstić information content (AvgIpc) is 2.51. The van der Waals surface area contributed by atoms with E-state index in [1.54, 1.807) is 0 Å². The maximum Gasteiger partial charge on any atom is -0.00995 e. The smallest absolute Gasteiger partial charge is 0.00995 e. The van der Waals surface area contributed by atoms with Gasteiger partial charge >= 0.3 is 0 Å². The number of benzene rings is 1. The third kappa shape index (κ3) is 4.50. The summed E-state index contributed by atoms with van der Waals surface area (Å²) in [6.07, 6.45) is 15.5. The number of unbranched alkanes of at least 4 members (excludes halogenated alkanes) is 2. The zero-order valence-corrected chi connectivity index (χ0v) is 16.2. The number of allylic oxidation sites excluding steroid dienone is 3. The van der Waals surface area contributed by atoms with Crippen molar-refractivity contribution in [2.75, 3.05) is 0 Å². The predicted octanol–water partition coefficient (Wildman–Crippen LogP) is 5.56. The Morgan fingerprint density at radius 1 is 1.25 bits per heavy atom. The summed E-state index contributed by atoms with van der Waals surface area (Å²) < 4.78 is 0. The number of rotatable bonds is 7. The van der Waals surface area contributed by atoms with Gasteiger partial charge in [-0.25, -0.2) is 0 Å². The molecule has 1 aliphatic carbocycles. The minimum atomic E-state index is 0.236. The van der Waals surface area contributed by atoms with Crippen molar-refractivity contribution in [1.82, 2.24) is 0 Å². The van der Waals surface area contributed by atoms with Crippen LogP contribution in [0.4, 0.5) is 0 Å². The van der Waals surface area contributed by atoms with Gasteiger partial charge in [0.05, 0.1) is 0 Å². The van der Waals surface area contributed by atoms with Gasteiger partial charge in [0, 0.05) is 0 Å². The molecule has 0 heterocycles. The van der Waals surface area contributed by atoms with Gasteiger partial charge in [0.1, 0.15) is 0 Å². The molecule has 0 spiro atoms. The topological polar surface area (TPSA) is 0 Å². The summed E-state index contributed by atoms with van der Waals surface area (Å²) in [5.41, 5.74) is 5.82. The predicted molar refractivity (Wildman–Crippen MR) is 109 cm³/mol. The molecule has 0 nitrogen and oxygen atoms in total. The van der Waals surface area contributed by atoms with Crippen molar-refractivity contribution >= 4 is 19.2 Å². The third-order valence-corrected chi connectivity index (χ3v) is 5.32. The Balaban J connectivity index is 2.27. The minimum Gasteiger partial charge on any atom is -0.0912 e. The van der Waals surface area contributed by atoms with Crippen LogP contribution in [-0.2, 0) is 12.8 Å². The summed E-state index contributed by atoms with van der Waals surface area (Å²) in [4.78, 5) is 0. The number of aryl methyl sites for hydroxylation is 1. The molecule has 1 atom stereocenters. The van der Waals surface area contributed by atoms with Crippen LogP contribution in [0.5, 0.6) is 0 Å². The number of hydrogen-bond acceptors (Lipinski definition) is 0. The second kappa shape index (κ2) is 8.01. The third-order valence-electron chi connectivity index (χ3n) is 5.32. The lowest BCUT2D eigenvalue weighted by molar-refractivity contribution is 0.389. The van der Waals surface area contributed by atoms with E-state index in [-0.39, 0.29) is 5.41 Å². The largest absolute Gasteiger partial charge is 0.0912 e. The molecular formula is C24H34. The Hall–Kier alpha value is -1.56. The summed E-state index contributed by atoms with van der Waals surface area (Å²) in [5.74, 6) is 0. The molecular weight excluding hydrogens is 288 g/mol. The highest BCUT2D eigenvalue weighted by Gasteiger charge is 2.26. The van der Waals surface area contributed by atoms with Crippen LogP contribution in [0.25, 0.3) is 19.2 Å². The molecule has 0 aromatic heterocycles. The number of fused-ring (bicyclic) bond motifs is 1. The van der Waals surface area contributed by atoms with Crippen LogP contribution in [-0.4, -0.2) is 0 Å². The molecule has 0 bridgehead atoms. The molecule has 0 heteroatoms. The SMILES string of the molecule is C=c1cc(CCCCC)c(=C)c2c1C=CC(C)(CCC=C(C)C)C2. The van der Waals surface area contributed by atoms with Crippen LogP contribution in [0.2, 0.25) is 0 Å². The maximum absolute atomic E-state index is 4.45. The van der Waals surface area contributed by atoms with Crippen LogP contribution in [0.15, 0.2) is 23.8 Å². The van der Waals surface area contributed by atoms with Crippen LogP contribution in [0, 0.1) is 5.41 Å². The first-order valence-corrected chi connectivity index (χ1v) is 9.51. The van der Waals surface area contributed by atoms with E-state index in [0.29, 0.717) is 0 Å². The van der Waals surface area contributed by atoms with E-state index < -0.39 is 0 Å². The average molecular weight is 323 g/mol. The van der Waals surface area contributed by atoms with Crippen molar-refractivity contribution in [2.24, 2.45) is 5.41 Å². The molecule has 130 valence electrons. The fraction of sp³-hybridized carbons (Fsp3) is 0.500. The molecule has 24 heavy (non-hydrogen) atoms. The normalized spacial score (nSPS) is 19.2. The molecule has 0 fully saturated rings. The van der Waals surface area contributed by atoms with Crippen molar-refractivity contribution in [2.45, 2.75) is 72.6 Å². The first kappa shape index (κ1) is 18.8. The van der Waals surface area contributed by atoms with Gasteiger partial charge in [0.2, 0.25) is 0 Å². The monoisotopic (exact) mass is 322 g/mol. The van der Waals surface area contributed by atoms with Gasteiger partial charge in [-0.1, -0.05) is 69.7 Å². The van der Waals surface area contributed by atoms with E-state index in [4.69, 9.17) is 0 Å². The number of hydrogen-bond donors (Lipinski definition) is 0. The van der Waals surface area contributed by atoms with Gasteiger partial charge in [0.25, 0.3) is 0 Å². The summed E-state index contributed by atoms with van der Waals surface area (Å²) in [6, 6.07) is 2.27. The Morgan fingerprint density at radius 3 is 2.67 bits per heavy atom. The molecule has 0 radical (unpaired) electrons. The molecule has 0 amide bonds. The van der Waals surface area contributed by atoms with E-state index in [2.05, 4.69) is 65.1 Å². The summed E-state index contributed by atoms with van der Waals surface area (Å²) in [5, 5.41) is 2.44. The van der Waals surface area contributed by atoms with Gasteiger partial charge in [-0.05, 0) is 78.5 Å². The molecule has 0 saturated carbocycles. The zero-order chi connectivity index (χ0) is 17.7. The Kier molecular flexibility index (Phi) is 6.27. The maximum atomic E-state index is 4.45. The van der Waals surface area contributed by atoms with Crippen LogP contribution in [0.3, 0.4) is 0 Å². The first-order chi connectivity index (χ1) is 11.4. The lowest BCUT2D eigenvalue weighted by atomic mass is 9.73. The molecule has 2 rings (SSSR count). The summed E-state index contributed by atoms with van der Waals surface area (Å²) in [7, 11) is 0. The van der Waals surface area contributed by atoms with Crippen LogP contribution in [0.1, 0.15) is 76.5 Å². The molecule has 1 aromatic rings. The Labute approximate surface area is 148 Å². The zero-order valence-electron chi connectivity index (χ0n) is 16.2. The molecule has 0 aliphatic heterocycles. The van der Waals surface area contributed by atoms with Gasteiger partial charge < -0.3 is 0 Å². The molecule has 0 saturated heterocycles. The van der Waals surface area contributed by atoms with Gasteiger partial charge in [-0.2, -0.15) is 0 Å². The Morgan fingerprint density at radius 2 is 2.00 bits per heavy atom. The highest BCUT2D eigenvalue weighted by Crippen LogP contribution is 2.34. The lowest BCUT2D eigenvalue weighted by Gasteiger charge is -2.31. The van der Waals surface area contributed by atoms with E-state index in [0.717, 1.165) is 19.3 Å². The second-order valence-corrected chi connectivity index (χ2v) is 8.01. The van der Waals surface area contributed by atoms with Gasteiger partial charge in [-0.3, -0.25) is 0 Å². The van der Waals surface area contributed by atoms with Crippen molar-refractivity contribution in [3.05, 3.63) is 50.9 Å². The van der Waals surface area contributed by atoms with Crippen molar-refractivity contribution in [3.63, 3.8) is 0 Å². The summed E-state index contributed by atoms with van der Waals surface area (Å²) in [6.45, 7) is 17.8. The fourth-order valence-electron chi connectivity index (χ4n) is 3.73. The van der Waals surface area contributed by atoms with Crippen LogP contribution >= 0.6 is 0 Å². The fourth-order valence-corrected chi connectivity index (χ4v) is 3.73. The minimum absolute atomic E-state index is 0.236. The van der Waals surface area contributed by atoms with E-state index in [1.165, 1.54) is 58.4 Å². The van der Waals surface area contributed by atoms with E-state index in [9.17, 15) is 0 Å². The quantitative estimate of drug-likeness (QED) is 0.455. The molecule has 1 aliphatic rings. The molecule has 1 unspecified atom stereocenters. The standard InChI is InChI=1S/C24H34/c1-7-8-9-12-21-16-19(4)22-13-15-24(6,14-10-11-18(2)3)17-23(22)20(21)5/h11,13,15-16H,4-5,7-10,12,14,17H2,1-3,6H3. The first-order valence-electron chi connectivity index (χ1n) is 9.51. The second-order valence-electron chi connectivity index (χ2n) is 8.01. The molecule has 1 aromatic carbocycles. The van der Waals surface area contributed by atoms with Crippen molar-refractivity contribution in [3.8, 4) is 0 Å². The van der Waals surface area contributed by atoms with E-state index in [1.807, 2.05) is 0 Å². The van der Waals surface area contributed by atoms with Crippen LogP contribution < -0.4 is 10.4 Å². The lowest BCUT2D eigenvalue weighted by Crippen LogP contribution is -2.30. The van der Waals surface area contributed by atoms with Gasteiger partial charge in [-0.15, -0.1) is 0 Å². The van der Waals surface area contributed by atoms with Gasteiger partial charge in [0.15, 0.2) is 0 Å². The summed E-state index contributed by atoms with van der Waals surface area (Å²) >= 11 is 0. The van der Waals surface area contributed by atoms with Crippen molar-refractivity contribution in [1.29, 1.82) is 0 Å².